The molecular formula is C16H20O2S. The van der Waals surface area contributed by atoms with Crippen molar-refractivity contribution < 1.29 is 9.32 Å². The largest absolute Gasteiger partial charge is 0.378 e. The maximum absolute atomic E-state index is 12.0. The molecule has 0 saturated carbocycles. The van der Waals surface area contributed by atoms with Crippen molar-refractivity contribution in [2.24, 2.45) is 0 Å². The predicted molar refractivity (Wildman–Crippen MR) is 78.5 cm³/mol. The van der Waals surface area contributed by atoms with E-state index in [1.165, 1.54) is 0 Å². The van der Waals surface area contributed by atoms with Crippen molar-refractivity contribution in [1.82, 2.24) is 0 Å². The van der Waals surface area contributed by atoms with Crippen LogP contribution >= 0.6 is 0 Å². The Bertz CT molecular complexity index is 583. The van der Waals surface area contributed by atoms with Gasteiger partial charge in [0, 0.05) is 16.2 Å². The minimum Gasteiger partial charge on any atom is -0.378 e. The summed E-state index contributed by atoms with van der Waals surface area (Å²) in [6, 6.07) is 5.82. The van der Waals surface area contributed by atoms with Crippen LogP contribution in [0.15, 0.2) is 23.1 Å². The van der Waals surface area contributed by atoms with Gasteiger partial charge in [-0.3, -0.25) is 4.21 Å². The van der Waals surface area contributed by atoms with Crippen molar-refractivity contribution in [2.75, 3.05) is 5.75 Å². The Morgan fingerprint density at radius 2 is 2.05 bits per heavy atom. The van der Waals surface area contributed by atoms with Gasteiger partial charge >= 0.3 is 0 Å². The molecular weight excluding hydrogens is 256 g/mol. The van der Waals surface area contributed by atoms with Crippen LogP contribution in [0.4, 0.5) is 0 Å². The summed E-state index contributed by atoms with van der Waals surface area (Å²) in [6.45, 7) is 7.68. The van der Waals surface area contributed by atoms with Crippen LogP contribution in [-0.2, 0) is 16.2 Å². The van der Waals surface area contributed by atoms with Gasteiger partial charge < -0.3 is 5.11 Å². The van der Waals surface area contributed by atoms with E-state index in [1.807, 2.05) is 18.2 Å². The molecule has 0 radical (unpaired) electrons. The average molecular weight is 276 g/mol. The highest BCUT2D eigenvalue weighted by atomic mass is 32.2. The quantitative estimate of drug-likeness (QED) is 0.740. The zero-order valence-electron chi connectivity index (χ0n) is 11.9. The summed E-state index contributed by atoms with van der Waals surface area (Å²) in [7, 11) is -0.889. The second-order valence-corrected chi connectivity index (χ2v) is 7.74. The lowest BCUT2D eigenvalue weighted by Gasteiger charge is -2.31. The summed E-state index contributed by atoms with van der Waals surface area (Å²) >= 11 is 0. The summed E-state index contributed by atoms with van der Waals surface area (Å²) in [4.78, 5) is 0.935. The van der Waals surface area contributed by atoms with Crippen LogP contribution in [0, 0.1) is 11.8 Å². The van der Waals surface area contributed by atoms with Gasteiger partial charge in [0.05, 0.1) is 10.8 Å². The van der Waals surface area contributed by atoms with Crippen LogP contribution in [0.1, 0.15) is 45.2 Å². The average Bonchev–Trinajstić information content (AvgIpc) is 2.31. The van der Waals surface area contributed by atoms with Crippen LogP contribution in [0.5, 0.6) is 0 Å². The Morgan fingerprint density at radius 3 is 2.68 bits per heavy atom. The number of hydrogen-bond donors (Lipinski definition) is 1. The predicted octanol–water partition coefficient (Wildman–Crippen LogP) is 2.60. The maximum atomic E-state index is 12.0. The Labute approximate surface area is 117 Å². The summed E-state index contributed by atoms with van der Waals surface area (Å²) in [6.07, 6.45) is 0.926. The molecule has 0 fully saturated rings. The van der Waals surface area contributed by atoms with Crippen LogP contribution < -0.4 is 0 Å². The first kappa shape index (κ1) is 14.3. The molecule has 0 aliphatic carbocycles. The van der Waals surface area contributed by atoms with E-state index < -0.39 is 16.4 Å². The van der Waals surface area contributed by atoms with Gasteiger partial charge in [0.2, 0.25) is 0 Å². The molecule has 0 amide bonds. The van der Waals surface area contributed by atoms with Gasteiger partial charge in [-0.15, -0.1) is 0 Å². The molecule has 1 aliphatic rings. The third kappa shape index (κ3) is 3.26. The van der Waals surface area contributed by atoms with Crippen LogP contribution in [0.2, 0.25) is 0 Å². The number of benzene rings is 1. The molecule has 0 saturated heterocycles. The van der Waals surface area contributed by atoms with E-state index in [9.17, 15) is 9.32 Å². The normalized spacial score (nSPS) is 21.2. The first-order valence-corrected chi connectivity index (χ1v) is 7.79. The third-order valence-electron chi connectivity index (χ3n) is 3.38. The fourth-order valence-corrected chi connectivity index (χ4v) is 3.87. The fourth-order valence-electron chi connectivity index (χ4n) is 2.15. The standard InChI is InChI=1S/C16H20O2S/c1-15(2)9-10-19(18)14-6-5-12(11-13(14)15)7-8-16(3,4)17/h5-6,11,17H,9-10H2,1-4H3/t19-/m1/s1. The van der Waals surface area contributed by atoms with Crippen molar-refractivity contribution in [3.05, 3.63) is 29.3 Å². The minimum atomic E-state index is -0.992. The molecule has 1 heterocycles. The van der Waals surface area contributed by atoms with Crippen LogP contribution in [0.25, 0.3) is 0 Å². The summed E-state index contributed by atoms with van der Waals surface area (Å²) in [5, 5.41) is 9.64. The van der Waals surface area contributed by atoms with Crippen LogP contribution in [0.3, 0.4) is 0 Å². The van der Waals surface area contributed by atoms with Gasteiger partial charge in [0.15, 0.2) is 0 Å². The summed E-state index contributed by atoms with van der Waals surface area (Å²) in [5.41, 5.74) is 1.04. The Kier molecular flexibility index (Phi) is 3.59. The van der Waals surface area contributed by atoms with Gasteiger partial charge in [0.1, 0.15) is 5.60 Å². The highest BCUT2D eigenvalue weighted by Crippen LogP contribution is 2.37. The van der Waals surface area contributed by atoms with Gasteiger partial charge in [-0.1, -0.05) is 25.7 Å². The van der Waals surface area contributed by atoms with Gasteiger partial charge in [0.25, 0.3) is 0 Å². The lowest BCUT2D eigenvalue weighted by atomic mass is 9.81. The van der Waals surface area contributed by atoms with E-state index in [-0.39, 0.29) is 5.41 Å². The highest BCUT2D eigenvalue weighted by molar-refractivity contribution is 7.85. The molecule has 1 aliphatic heterocycles. The van der Waals surface area contributed by atoms with Crippen molar-refractivity contribution in [3.63, 3.8) is 0 Å². The molecule has 0 aromatic heterocycles. The van der Waals surface area contributed by atoms with Gasteiger partial charge in [-0.25, -0.2) is 0 Å². The smallest absolute Gasteiger partial charge is 0.120 e. The first-order valence-electron chi connectivity index (χ1n) is 6.47. The molecule has 1 aromatic carbocycles. The highest BCUT2D eigenvalue weighted by Gasteiger charge is 2.31. The van der Waals surface area contributed by atoms with Crippen molar-refractivity contribution in [3.8, 4) is 11.8 Å². The number of hydrogen-bond acceptors (Lipinski definition) is 2. The van der Waals surface area contributed by atoms with E-state index in [0.29, 0.717) is 0 Å². The Morgan fingerprint density at radius 1 is 1.37 bits per heavy atom. The molecule has 0 spiro atoms. The minimum absolute atomic E-state index is 0.0374. The molecule has 19 heavy (non-hydrogen) atoms. The number of fused-ring (bicyclic) bond motifs is 1. The van der Waals surface area contributed by atoms with Crippen molar-refractivity contribution in [1.29, 1.82) is 0 Å². The van der Waals surface area contributed by atoms with E-state index in [1.54, 1.807) is 13.8 Å². The third-order valence-corrected chi connectivity index (χ3v) is 4.80. The lowest BCUT2D eigenvalue weighted by Crippen LogP contribution is -2.27. The van der Waals surface area contributed by atoms with Gasteiger partial charge in [-0.2, -0.15) is 0 Å². The lowest BCUT2D eigenvalue weighted by molar-refractivity contribution is 0.143. The van der Waals surface area contributed by atoms with E-state index in [2.05, 4.69) is 25.7 Å². The first-order chi connectivity index (χ1) is 8.69. The summed E-state index contributed by atoms with van der Waals surface area (Å²) < 4.78 is 12.0. The summed E-state index contributed by atoms with van der Waals surface area (Å²) in [5.74, 6) is 6.53. The number of aliphatic hydroxyl groups is 1. The number of rotatable bonds is 0. The SMILES string of the molecule is CC(C)(O)C#Cc1ccc2c(c1)C(C)(C)CC[S@]2=O. The molecule has 1 aromatic rings. The molecule has 1 atom stereocenters. The Balaban J connectivity index is 2.47. The molecule has 102 valence electrons. The zero-order chi connectivity index (χ0) is 14.3. The molecule has 0 bridgehead atoms. The molecule has 1 N–H and O–H groups in total. The monoisotopic (exact) mass is 276 g/mol. The maximum Gasteiger partial charge on any atom is 0.120 e. The van der Waals surface area contributed by atoms with Crippen molar-refractivity contribution >= 4 is 10.8 Å². The van der Waals surface area contributed by atoms with Crippen LogP contribution in [-0.4, -0.2) is 20.7 Å². The second-order valence-electron chi connectivity index (χ2n) is 6.20. The van der Waals surface area contributed by atoms with Gasteiger partial charge in [-0.05, 0) is 49.4 Å². The zero-order valence-corrected chi connectivity index (χ0v) is 12.7. The molecule has 3 heteroatoms. The topological polar surface area (TPSA) is 37.3 Å². The second kappa shape index (κ2) is 4.77. The fraction of sp³-hybridized carbons (Fsp3) is 0.500. The van der Waals surface area contributed by atoms with E-state index in [0.717, 1.165) is 28.2 Å². The van der Waals surface area contributed by atoms with Crippen molar-refractivity contribution in [2.45, 2.75) is 50.0 Å². The Hall–Kier alpha value is -1.11. The molecule has 2 rings (SSSR count). The molecule has 0 unspecified atom stereocenters. The van der Waals surface area contributed by atoms with E-state index in [4.69, 9.17) is 0 Å². The van der Waals surface area contributed by atoms with E-state index >= 15 is 0 Å². The molecule has 2 nitrogen and oxygen atoms in total.